The van der Waals surface area contributed by atoms with E-state index < -0.39 is 0 Å². The van der Waals surface area contributed by atoms with Gasteiger partial charge in [-0.15, -0.1) is 0 Å². The van der Waals surface area contributed by atoms with Gasteiger partial charge in [0.1, 0.15) is 0 Å². The fourth-order valence-electron chi connectivity index (χ4n) is 3.26. The fourth-order valence-corrected chi connectivity index (χ4v) is 3.64. The molecular weight excluding hydrogens is 310 g/mol. The molecule has 1 saturated carbocycles. The highest BCUT2D eigenvalue weighted by Crippen LogP contribution is 2.29. The molecule has 0 heterocycles. The third-order valence-corrected chi connectivity index (χ3v) is 5.09. The van der Waals surface area contributed by atoms with Crippen LogP contribution in [0.2, 0.25) is 0 Å². The first kappa shape index (κ1) is 13.9. The Balaban J connectivity index is 1.70. The van der Waals surface area contributed by atoms with E-state index in [2.05, 4.69) is 64.6 Å². The Labute approximate surface area is 129 Å². The zero-order valence-corrected chi connectivity index (χ0v) is 13.6. The predicted octanol–water partition coefficient (Wildman–Crippen LogP) is 5.98. The molecule has 0 unspecified atom stereocenters. The molecule has 1 N–H and O–H groups in total. The fraction of sp³-hybridized carbons (Fsp3) is 0.444. The molecule has 0 bridgehead atoms. The van der Waals surface area contributed by atoms with Gasteiger partial charge in [0.2, 0.25) is 0 Å². The first-order valence-electron chi connectivity index (χ1n) is 7.70. The summed E-state index contributed by atoms with van der Waals surface area (Å²) in [6.45, 7) is 2.32. The molecule has 3 rings (SSSR count). The summed E-state index contributed by atoms with van der Waals surface area (Å²) in [5.74, 6) is 0.960. The molecule has 1 aliphatic rings. The molecule has 2 aromatic carbocycles. The van der Waals surface area contributed by atoms with Crippen LogP contribution >= 0.6 is 15.9 Å². The van der Waals surface area contributed by atoms with E-state index >= 15 is 0 Å². The van der Waals surface area contributed by atoms with Crippen molar-refractivity contribution in [1.29, 1.82) is 0 Å². The molecule has 1 fully saturated rings. The summed E-state index contributed by atoms with van der Waals surface area (Å²) in [5.41, 5.74) is 1.26. The summed E-state index contributed by atoms with van der Waals surface area (Å²) in [5, 5.41) is 6.32. The van der Waals surface area contributed by atoms with Crippen molar-refractivity contribution in [2.75, 3.05) is 5.32 Å². The summed E-state index contributed by atoms with van der Waals surface area (Å²) in [7, 11) is 0. The summed E-state index contributed by atoms with van der Waals surface area (Å²) in [6.07, 6.45) is 6.74. The maximum Gasteiger partial charge on any atom is 0.0348 e. The highest BCUT2D eigenvalue weighted by Gasteiger charge is 2.19. The molecule has 106 valence electrons. The Morgan fingerprint density at radius 3 is 2.45 bits per heavy atom. The Morgan fingerprint density at radius 2 is 1.70 bits per heavy atom. The lowest BCUT2D eigenvalue weighted by Crippen LogP contribution is -2.25. The van der Waals surface area contributed by atoms with E-state index in [1.807, 2.05) is 0 Å². The van der Waals surface area contributed by atoms with Crippen LogP contribution in [0.1, 0.15) is 39.0 Å². The van der Waals surface area contributed by atoms with Crippen LogP contribution in [-0.2, 0) is 0 Å². The Morgan fingerprint density at radius 1 is 1.00 bits per heavy atom. The van der Waals surface area contributed by atoms with Crippen molar-refractivity contribution in [3.8, 4) is 0 Å². The molecule has 0 amide bonds. The number of anilines is 1. The number of fused-ring (bicyclic) bond motifs is 1. The molecule has 0 atom stereocenters. The van der Waals surface area contributed by atoms with Gasteiger partial charge in [-0.1, -0.05) is 41.4 Å². The Hall–Kier alpha value is -1.02. The molecule has 0 aromatic heterocycles. The Kier molecular flexibility index (Phi) is 4.30. The lowest BCUT2D eigenvalue weighted by atomic mass is 9.84. The summed E-state index contributed by atoms with van der Waals surface area (Å²) < 4.78 is 1.14. The number of hydrogen-bond acceptors (Lipinski definition) is 1. The zero-order chi connectivity index (χ0) is 13.9. The van der Waals surface area contributed by atoms with Gasteiger partial charge in [-0.3, -0.25) is 0 Å². The van der Waals surface area contributed by atoms with E-state index in [1.165, 1.54) is 48.6 Å². The normalized spacial score (nSPS) is 22.9. The minimum Gasteiger partial charge on any atom is -0.382 e. The molecule has 0 spiro atoms. The SMILES string of the molecule is CCC1CCC(Nc2ccc3cc(Br)ccc3c2)CC1. The predicted molar refractivity (Wildman–Crippen MR) is 91.3 cm³/mol. The molecule has 1 aliphatic carbocycles. The van der Waals surface area contributed by atoms with Crippen molar-refractivity contribution in [3.05, 3.63) is 40.9 Å². The molecule has 0 radical (unpaired) electrons. The molecule has 0 aliphatic heterocycles. The molecule has 2 heteroatoms. The molecule has 0 saturated heterocycles. The molecule has 1 nitrogen and oxygen atoms in total. The zero-order valence-electron chi connectivity index (χ0n) is 12.0. The first-order chi connectivity index (χ1) is 9.74. The van der Waals surface area contributed by atoms with Crippen molar-refractivity contribution in [3.63, 3.8) is 0 Å². The average Bonchev–Trinajstić information content (AvgIpc) is 2.48. The van der Waals surface area contributed by atoms with Gasteiger partial charge in [0.05, 0.1) is 0 Å². The number of hydrogen-bond donors (Lipinski definition) is 1. The lowest BCUT2D eigenvalue weighted by molar-refractivity contribution is 0.330. The number of rotatable bonds is 3. The maximum atomic E-state index is 3.72. The second-order valence-corrected chi connectivity index (χ2v) is 6.89. The summed E-state index contributed by atoms with van der Waals surface area (Å²) in [6, 6.07) is 13.8. The van der Waals surface area contributed by atoms with Crippen molar-refractivity contribution in [1.82, 2.24) is 0 Å². The van der Waals surface area contributed by atoms with Crippen LogP contribution in [0.25, 0.3) is 10.8 Å². The van der Waals surface area contributed by atoms with Crippen LogP contribution in [0, 0.1) is 5.92 Å². The smallest absolute Gasteiger partial charge is 0.0348 e. The van der Waals surface area contributed by atoms with Gasteiger partial charge < -0.3 is 5.32 Å². The van der Waals surface area contributed by atoms with E-state index in [0.717, 1.165) is 10.4 Å². The van der Waals surface area contributed by atoms with E-state index in [9.17, 15) is 0 Å². The number of nitrogens with one attached hydrogen (secondary N) is 1. The molecule has 20 heavy (non-hydrogen) atoms. The van der Waals surface area contributed by atoms with Crippen LogP contribution < -0.4 is 5.32 Å². The van der Waals surface area contributed by atoms with Crippen LogP contribution in [-0.4, -0.2) is 6.04 Å². The third kappa shape index (κ3) is 3.17. The minimum absolute atomic E-state index is 0.658. The summed E-state index contributed by atoms with van der Waals surface area (Å²) >= 11 is 3.53. The van der Waals surface area contributed by atoms with Crippen molar-refractivity contribution in [2.24, 2.45) is 5.92 Å². The Bertz CT molecular complexity index is 585. The van der Waals surface area contributed by atoms with Crippen LogP contribution in [0.4, 0.5) is 5.69 Å². The largest absolute Gasteiger partial charge is 0.382 e. The maximum absolute atomic E-state index is 3.72. The van der Waals surface area contributed by atoms with E-state index in [4.69, 9.17) is 0 Å². The average molecular weight is 332 g/mol. The highest BCUT2D eigenvalue weighted by atomic mass is 79.9. The van der Waals surface area contributed by atoms with E-state index in [1.54, 1.807) is 0 Å². The first-order valence-corrected chi connectivity index (χ1v) is 8.50. The standard InChI is InChI=1S/C18H22BrN/c1-2-13-3-8-17(9-4-13)20-18-10-6-14-11-16(19)7-5-15(14)12-18/h5-7,10-13,17,20H,2-4,8-9H2,1H3. The van der Waals surface area contributed by atoms with Crippen LogP contribution in [0.15, 0.2) is 40.9 Å². The van der Waals surface area contributed by atoms with Gasteiger partial charge >= 0.3 is 0 Å². The van der Waals surface area contributed by atoms with Gasteiger partial charge in [-0.05, 0) is 66.6 Å². The number of halogens is 1. The highest BCUT2D eigenvalue weighted by molar-refractivity contribution is 9.10. The minimum atomic E-state index is 0.658. The van der Waals surface area contributed by atoms with E-state index in [-0.39, 0.29) is 0 Å². The van der Waals surface area contributed by atoms with Gasteiger partial charge in [0, 0.05) is 16.2 Å². The van der Waals surface area contributed by atoms with Gasteiger partial charge in [-0.2, -0.15) is 0 Å². The van der Waals surface area contributed by atoms with Crippen LogP contribution in [0.5, 0.6) is 0 Å². The van der Waals surface area contributed by atoms with Gasteiger partial charge in [0.15, 0.2) is 0 Å². The lowest BCUT2D eigenvalue weighted by Gasteiger charge is -2.29. The van der Waals surface area contributed by atoms with Gasteiger partial charge in [-0.25, -0.2) is 0 Å². The molecular formula is C18H22BrN. The third-order valence-electron chi connectivity index (χ3n) is 4.60. The van der Waals surface area contributed by atoms with Gasteiger partial charge in [0.25, 0.3) is 0 Å². The quantitative estimate of drug-likeness (QED) is 0.729. The van der Waals surface area contributed by atoms with Crippen molar-refractivity contribution in [2.45, 2.75) is 45.1 Å². The second-order valence-electron chi connectivity index (χ2n) is 5.98. The van der Waals surface area contributed by atoms with Crippen molar-refractivity contribution < 1.29 is 0 Å². The molecule has 2 aromatic rings. The van der Waals surface area contributed by atoms with Crippen LogP contribution in [0.3, 0.4) is 0 Å². The van der Waals surface area contributed by atoms with Crippen molar-refractivity contribution >= 4 is 32.4 Å². The number of benzene rings is 2. The second kappa shape index (κ2) is 6.17. The topological polar surface area (TPSA) is 12.0 Å². The monoisotopic (exact) mass is 331 g/mol. The summed E-state index contributed by atoms with van der Waals surface area (Å²) in [4.78, 5) is 0. The van der Waals surface area contributed by atoms with E-state index in [0.29, 0.717) is 6.04 Å².